The Labute approximate surface area is 156 Å². The maximum atomic E-state index is 13.4. The number of aryl methyl sites for hydroxylation is 2. The van der Waals surface area contributed by atoms with E-state index < -0.39 is 0 Å². The zero-order valence-electron chi connectivity index (χ0n) is 16.4. The van der Waals surface area contributed by atoms with Crippen molar-refractivity contribution in [1.82, 2.24) is 19.6 Å². The SMILES string of the molecule is Cc1nn(C)c(C)c1C(=O)N(CCN1CCOCC1)C[C@H]1CC=CCC1. The summed E-state index contributed by atoms with van der Waals surface area (Å²) in [6.45, 7) is 9.94. The van der Waals surface area contributed by atoms with Gasteiger partial charge >= 0.3 is 0 Å². The molecular weight excluding hydrogens is 328 g/mol. The molecule has 1 saturated heterocycles. The number of nitrogens with zero attached hydrogens (tertiary/aromatic N) is 4. The van der Waals surface area contributed by atoms with Gasteiger partial charge in [0.2, 0.25) is 0 Å². The molecule has 0 saturated carbocycles. The van der Waals surface area contributed by atoms with Crippen LogP contribution in [-0.2, 0) is 11.8 Å². The van der Waals surface area contributed by atoms with Gasteiger partial charge in [0.1, 0.15) is 0 Å². The lowest BCUT2D eigenvalue weighted by molar-refractivity contribution is 0.0315. The predicted octanol–water partition coefficient (Wildman–Crippen LogP) is 2.17. The standard InChI is InChI=1S/C20H32N4O2/c1-16-19(17(2)22(3)21-16)20(25)24(15-18-7-5-4-6-8-18)10-9-23-11-13-26-14-12-23/h4-5,18H,6-15H2,1-3H3/t18-/m0/s1. The molecular formula is C20H32N4O2. The molecule has 144 valence electrons. The van der Waals surface area contributed by atoms with Gasteiger partial charge in [0, 0.05) is 45.5 Å². The van der Waals surface area contributed by atoms with Gasteiger partial charge in [-0.25, -0.2) is 0 Å². The summed E-state index contributed by atoms with van der Waals surface area (Å²) in [5.41, 5.74) is 2.56. The minimum Gasteiger partial charge on any atom is -0.379 e. The molecule has 1 aliphatic heterocycles. The first-order chi connectivity index (χ1) is 12.6. The number of hydrogen-bond donors (Lipinski definition) is 0. The second kappa shape index (κ2) is 8.82. The molecule has 0 spiro atoms. The third-order valence-electron chi connectivity index (χ3n) is 5.66. The fourth-order valence-corrected chi connectivity index (χ4v) is 3.94. The zero-order chi connectivity index (χ0) is 18.5. The van der Waals surface area contributed by atoms with Crippen molar-refractivity contribution in [2.24, 2.45) is 13.0 Å². The Kier molecular flexibility index (Phi) is 6.48. The Morgan fingerprint density at radius 2 is 2.08 bits per heavy atom. The van der Waals surface area contributed by atoms with Gasteiger partial charge in [0.15, 0.2) is 0 Å². The molecule has 0 N–H and O–H groups in total. The molecule has 2 aliphatic rings. The first-order valence-corrected chi connectivity index (χ1v) is 9.81. The lowest BCUT2D eigenvalue weighted by atomic mass is 9.93. The van der Waals surface area contributed by atoms with Crippen LogP contribution >= 0.6 is 0 Å². The van der Waals surface area contributed by atoms with Crippen LogP contribution < -0.4 is 0 Å². The average molecular weight is 361 g/mol. The van der Waals surface area contributed by atoms with Gasteiger partial charge in [-0.3, -0.25) is 14.4 Å². The summed E-state index contributed by atoms with van der Waals surface area (Å²) >= 11 is 0. The van der Waals surface area contributed by atoms with Crippen LogP contribution in [0, 0.1) is 19.8 Å². The van der Waals surface area contributed by atoms with E-state index in [1.165, 1.54) is 6.42 Å². The molecule has 0 radical (unpaired) electrons. The van der Waals surface area contributed by atoms with Crippen LogP contribution in [0.3, 0.4) is 0 Å². The maximum Gasteiger partial charge on any atom is 0.257 e. The van der Waals surface area contributed by atoms with Crippen LogP contribution in [0.4, 0.5) is 0 Å². The van der Waals surface area contributed by atoms with E-state index in [1.807, 2.05) is 25.6 Å². The molecule has 1 amide bonds. The topological polar surface area (TPSA) is 50.6 Å². The fourth-order valence-electron chi connectivity index (χ4n) is 3.94. The summed E-state index contributed by atoms with van der Waals surface area (Å²) < 4.78 is 7.25. The van der Waals surface area contributed by atoms with Crippen LogP contribution in [0.2, 0.25) is 0 Å². The lowest BCUT2D eigenvalue weighted by Gasteiger charge is -2.32. The summed E-state index contributed by atoms with van der Waals surface area (Å²) in [4.78, 5) is 17.8. The third kappa shape index (κ3) is 4.54. The van der Waals surface area contributed by atoms with Crippen LogP contribution in [-0.4, -0.2) is 71.4 Å². The highest BCUT2D eigenvalue weighted by Crippen LogP contribution is 2.22. The molecule has 1 aromatic heterocycles. The molecule has 3 rings (SSSR count). The molecule has 1 aliphatic carbocycles. The Bertz CT molecular complexity index is 646. The number of carbonyl (C=O) groups is 1. The van der Waals surface area contributed by atoms with E-state index in [9.17, 15) is 4.79 Å². The smallest absolute Gasteiger partial charge is 0.257 e. The van der Waals surface area contributed by atoms with Crippen molar-refractivity contribution < 1.29 is 9.53 Å². The maximum absolute atomic E-state index is 13.4. The van der Waals surface area contributed by atoms with Crippen molar-refractivity contribution in [2.45, 2.75) is 33.1 Å². The van der Waals surface area contributed by atoms with Crippen LogP contribution in [0.5, 0.6) is 0 Å². The highest BCUT2D eigenvalue weighted by molar-refractivity contribution is 5.96. The predicted molar refractivity (Wildman–Crippen MR) is 102 cm³/mol. The summed E-state index contributed by atoms with van der Waals surface area (Å²) in [6.07, 6.45) is 7.89. The first kappa shape index (κ1) is 19.1. The van der Waals surface area contributed by atoms with Gasteiger partial charge in [0.05, 0.1) is 24.5 Å². The minimum atomic E-state index is 0.135. The first-order valence-electron chi connectivity index (χ1n) is 9.81. The molecule has 1 atom stereocenters. The highest BCUT2D eigenvalue weighted by atomic mass is 16.5. The van der Waals surface area contributed by atoms with Crippen molar-refractivity contribution in [2.75, 3.05) is 45.9 Å². The van der Waals surface area contributed by atoms with Gasteiger partial charge in [0.25, 0.3) is 5.91 Å². The lowest BCUT2D eigenvalue weighted by Crippen LogP contribution is -2.44. The van der Waals surface area contributed by atoms with E-state index in [1.54, 1.807) is 0 Å². The second-order valence-electron chi connectivity index (χ2n) is 7.53. The molecule has 0 unspecified atom stereocenters. The number of ether oxygens (including phenoxy) is 1. The molecule has 2 heterocycles. The average Bonchev–Trinajstić information content (AvgIpc) is 2.91. The molecule has 6 heteroatoms. The van der Waals surface area contributed by atoms with Crippen molar-refractivity contribution in [3.05, 3.63) is 29.1 Å². The molecule has 1 fully saturated rings. The van der Waals surface area contributed by atoms with Crippen LogP contribution in [0.1, 0.15) is 41.0 Å². The van der Waals surface area contributed by atoms with Crippen molar-refractivity contribution in [3.8, 4) is 0 Å². The summed E-state index contributed by atoms with van der Waals surface area (Å²) in [7, 11) is 1.91. The summed E-state index contributed by atoms with van der Waals surface area (Å²) in [5, 5.41) is 4.44. The number of aromatic nitrogens is 2. The zero-order valence-corrected chi connectivity index (χ0v) is 16.4. The highest BCUT2D eigenvalue weighted by Gasteiger charge is 2.26. The van der Waals surface area contributed by atoms with E-state index in [-0.39, 0.29) is 5.91 Å². The Hall–Kier alpha value is -1.66. The van der Waals surface area contributed by atoms with Gasteiger partial charge in [-0.1, -0.05) is 12.2 Å². The quantitative estimate of drug-likeness (QED) is 0.730. The number of carbonyl (C=O) groups excluding carboxylic acids is 1. The number of amides is 1. The Morgan fingerprint density at radius 1 is 1.31 bits per heavy atom. The van der Waals surface area contributed by atoms with Crippen molar-refractivity contribution >= 4 is 5.91 Å². The number of morpholine rings is 1. The van der Waals surface area contributed by atoms with Crippen LogP contribution in [0.15, 0.2) is 12.2 Å². The van der Waals surface area contributed by atoms with Gasteiger partial charge < -0.3 is 9.64 Å². The van der Waals surface area contributed by atoms with Crippen molar-refractivity contribution in [1.29, 1.82) is 0 Å². The van der Waals surface area contributed by atoms with Gasteiger partial charge in [-0.15, -0.1) is 0 Å². The largest absolute Gasteiger partial charge is 0.379 e. The van der Waals surface area contributed by atoms with E-state index in [0.717, 1.165) is 75.7 Å². The fraction of sp³-hybridized carbons (Fsp3) is 0.700. The molecule has 26 heavy (non-hydrogen) atoms. The number of allylic oxidation sites excluding steroid dienone is 2. The van der Waals surface area contributed by atoms with Gasteiger partial charge in [-0.05, 0) is 39.0 Å². The summed E-state index contributed by atoms with van der Waals surface area (Å²) in [5.74, 6) is 0.696. The van der Waals surface area contributed by atoms with Gasteiger partial charge in [-0.2, -0.15) is 5.10 Å². The van der Waals surface area contributed by atoms with E-state index in [4.69, 9.17) is 4.74 Å². The molecule has 0 aromatic carbocycles. The normalized spacial score (nSPS) is 21.1. The number of rotatable bonds is 6. The number of hydrogen-bond acceptors (Lipinski definition) is 4. The van der Waals surface area contributed by atoms with E-state index >= 15 is 0 Å². The molecule has 6 nitrogen and oxygen atoms in total. The second-order valence-corrected chi connectivity index (χ2v) is 7.53. The minimum absolute atomic E-state index is 0.135. The van der Waals surface area contributed by atoms with Crippen molar-refractivity contribution in [3.63, 3.8) is 0 Å². The summed E-state index contributed by atoms with van der Waals surface area (Å²) in [6, 6.07) is 0. The van der Waals surface area contributed by atoms with Crippen LogP contribution in [0.25, 0.3) is 0 Å². The Balaban J connectivity index is 1.72. The molecule has 1 aromatic rings. The van der Waals surface area contributed by atoms with E-state index in [2.05, 4.69) is 27.1 Å². The van der Waals surface area contributed by atoms with E-state index in [0.29, 0.717) is 5.92 Å². The monoisotopic (exact) mass is 360 g/mol. The third-order valence-corrected chi connectivity index (χ3v) is 5.66. The molecule has 0 bridgehead atoms. The Morgan fingerprint density at radius 3 is 2.69 bits per heavy atom.